The van der Waals surface area contributed by atoms with Crippen molar-refractivity contribution in [3.63, 3.8) is 0 Å². The van der Waals surface area contributed by atoms with Crippen LogP contribution in [0.2, 0.25) is 0 Å². The minimum absolute atomic E-state index is 0.837. The second-order valence-corrected chi connectivity index (χ2v) is 3.64. The first-order valence-corrected chi connectivity index (χ1v) is 4.32. The van der Waals surface area contributed by atoms with Crippen LogP contribution in [0.4, 0.5) is 0 Å². The summed E-state index contributed by atoms with van der Waals surface area (Å²) in [7, 11) is 0. The maximum Gasteiger partial charge on any atom is 0.0530 e. The quantitative estimate of drug-likeness (QED) is 0.671. The molecule has 3 heteroatoms. The molecule has 0 aliphatic rings. The number of halogens is 2. The molecule has 0 bridgehead atoms. The predicted octanol–water partition coefficient (Wildman–Crippen LogP) is 3.77. The van der Waals surface area contributed by atoms with Crippen molar-refractivity contribution in [2.24, 2.45) is 0 Å². The van der Waals surface area contributed by atoms with Crippen molar-refractivity contribution < 1.29 is 0 Å². The van der Waals surface area contributed by atoms with E-state index in [-0.39, 0.29) is 0 Å². The third-order valence-corrected chi connectivity index (χ3v) is 3.57. The van der Waals surface area contributed by atoms with Crippen LogP contribution in [0.1, 0.15) is 0 Å². The van der Waals surface area contributed by atoms with Gasteiger partial charge in [-0.15, -0.1) is 0 Å². The van der Waals surface area contributed by atoms with Gasteiger partial charge in [0.05, 0.1) is 4.90 Å². The molecule has 0 aliphatic heterocycles. The summed E-state index contributed by atoms with van der Waals surface area (Å²) in [6.45, 7) is 0. The Bertz CT molecular complexity index is 202. The number of hydrogen-bond donors (Lipinski definition) is 0. The van der Waals surface area contributed by atoms with Crippen LogP contribution in [0.15, 0.2) is 32.0 Å². The van der Waals surface area contributed by atoms with E-state index in [4.69, 9.17) is 12.6 Å². The standard InChI is InChI=1S/C6H3Br2S/c7-4-2-1-3-5(9)6(4)8/h1-3H. The summed E-state index contributed by atoms with van der Waals surface area (Å²) in [5.74, 6) is 0. The van der Waals surface area contributed by atoms with Crippen molar-refractivity contribution in [2.45, 2.75) is 4.90 Å². The van der Waals surface area contributed by atoms with Gasteiger partial charge in [0.15, 0.2) is 0 Å². The van der Waals surface area contributed by atoms with Gasteiger partial charge in [-0.3, -0.25) is 0 Å². The van der Waals surface area contributed by atoms with Crippen LogP contribution in [0.5, 0.6) is 0 Å². The fourth-order valence-electron chi connectivity index (χ4n) is 0.484. The average molecular weight is 267 g/mol. The van der Waals surface area contributed by atoms with Gasteiger partial charge in [-0.2, -0.15) is 0 Å². The lowest BCUT2D eigenvalue weighted by Gasteiger charge is -1.95. The number of benzene rings is 1. The maximum absolute atomic E-state index is 4.96. The Morgan fingerprint density at radius 1 is 1.22 bits per heavy atom. The van der Waals surface area contributed by atoms with Gasteiger partial charge in [0.1, 0.15) is 0 Å². The smallest absolute Gasteiger partial charge is 0.0530 e. The Labute approximate surface area is 76.3 Å². The van der Waals surface area contributed by atoms with E-state index in [1.807, 2.05) is 18.2 Å². The van der Waals surface area contributed by atoms with Gasteiger partial charge in [0, 0.05) is 8.95 Å². The summed E-state index contributed by atoms with van der Waals surface area (Å²) in [5, 5.41) is 0. The molecule has 0 N–H and O–H groups in total. The van der Waals surface area contributed by atoms with Crippen LogP contribution in [-0.2, 0) is 0 Å². The van der Waals surface area contributed by atoms with Crippen molar-refractivity contribution in [3.05, 3.63) is 27.1 Å². The van der Waals surface area contributed by atoms with Gasteiger partial charge in [0.25, 0.3) is 0 Å². The van der Waals surface area contributed by atoms with E-state index in [9.17, 15) is 0 Å². The van der Waals surface area contributed by atoms with Crippen LogP contribution in [0.25, 0.3) is 0 Å². The first-order valence-electron chi connectivity index (χ1n) is 2.33. The molecule has 1 rings (SSSR count). The van der Waals surface area contributed by atoms with E-state index >= 15 is 0 Å². The van der Waals surface area contributed by atoms with Gasteiger partial charge in [-0.05, 0) is 44.0 Å². The van der Waals surface area contributed by atoms with Crippen molar-refractivity contribution >= 4 is 44.5 Å². The van der Waals surface area contributed by atoms with E-state index in [1.165, 1.54) is 0 Å². The highest BCUT2D eigenvalue weighted by atomic mass is 79.9. The molecule has 0 aliphatic carbocycles. The molecule has 0 heterocycles. The van der Waals surface area contributed by atoms with E-state index in [1.54, 1.807) is 0 Å². The summed E-state index contributed by atoms with van der Waals surface area (Å²) < 4.78 is 1.97. The molecule has 9 heavy (non-hydrogen) atoms. The molecule has 1 aromatic rings. The number of rotatable bonds is 0. The SMILES string of the molecule is [S]c1cccc(Br)c1Br. The molecule has 0 fully saturated rings. The summed E-state index contributed by atoms with van der Waals surface area (Å²) >= 11 is 11.6. The van der Waals surface area contributed by atoms with Crippen molar-refractivity contribution in [3.8, 4) is 0 Å². The second kappa shape index (κ2) is 2.99. The van der Waals surface area contributed by atoms with E-state index in [0.29, 0.717) is 0 Å². The monoisotopic (exact) mass is 265 g/mol. The van der Waals surface area contributed by atoms with E-state index < -0.39 is 0 Å². The summed E-state index contributed by atoms with van der Waals surface area (Å²) in [6, 6.07) is 5.74. The Balaban J connectivity index is 3.25. The highest BCUT2D eigenvalue weighted by Gasteiger charge is 1.97. The molecule has 0 amide bonds. The van der Waals surface area contributed by atoms with Crippen LogP contribution < -0.4 is 0 Å². The molecule has 0 saturated carbocycles. The van der Waals surface area contributed by atoms with Gasteiger partial charge < -0.3 is 0 Å². The lowest BCUT2D eigenvalue weighted by molar-refractivity contribution is 1.39. The van der Waals surface area contributed by atoms with Crippen LogP contribution in [-0.4, -0.2) is 0 Å². The molecule has 1 aromatic carbocycles. The fraction of sp³-hybridized carbons (Fsp3) is 0. The zero-order valence-electron chi connectivity index (χ0n) is 4.40. The highest BCUT2D eigenvalue weighted by Crippen LogP contribution is 2.28. The first-order chi connectivity index (χ1) is 4.22. The summed E-state index contributed by atoms with van der Waals surface area (Å²) in [5.41, 5.74) is 0. The third-order valence-electron chi connectivity index (χ3n) is 0.916. The van der Waals surface area contributed by atoms with Crippen LogP contribution >= 0.6 is 44.5 Å². The Hall–Kier alpha value is 0.400. The molecule has 1 radical (unpaired) electrons. The van der Waals surface area contributed by atoms with Gasteiger partial charge in [-0.25, -0.2) is 0 Å². The molecule has 0 aromatic heterocycles. The van der Waals surface area contributed by atoms with Crippen molar-refractivity contribution in [1.82, 2.24) is 0 Å². The Morgan fingerprint density at radius 3 is 2.33 bits per heavy atom. The minimum Gasteiger partial charge on any atom is -0.0788 e. The molecule has 0 nitrogen and oxygen atoms in total. The highest BCUT2D eigenvalue weighted by molar-refractivity contribution is 9.13. The molecular formula is C6H3Br2S. The van der Waals surface area contributed by atoms with Crippen molar-refractivity contribution in [1.29, 1.82) is 0 Å². The molecule has 0 atom stereocenters. The summed E-state index contributed by atoms with van der Waals surface area (Å²) in [6.07, 6.45) is 0. The fourth-order valence-corrected chi connectivity index (χ4v) is 1.43. The largest absolute Gasteiger partial charge is 0.0788 e. The molecule has 0 unspecified atom stereocenters. The molecule has 0 spiro atoms. The summed E-state index contributed by atoms with van der Waals surface area (Å²) in [4.78, 5) is 0.837. The zero-order valence-corrected chi connectivity index (χ0v) is 8.38. The van der Waals surface area contributed by atoms with E-state index in [2.05, 4.69) is 31.9 Å². The Morgan fingerprint density at radius 2 is 1.89 bits per heavy atom. The van der Waals surface area contributed by atoms with Crippen LogP contribution in [0.3, 0.4) is 0 Å². The van der Waals surface area contributed by atoms with Gasteiger partial charge in [0.2, 0.25) is 0 Å². The van der Waals surface area contributed by atoms with Gasteiger partial charge in [-0.1, -0.05) is 18.7 Å². The number of hydrogen-bond acceptors (Lipinski definition) is 0. The average Bonchev–Trinajstić information content (AvgIpc) is 1.83. The first kappa shape index (κ1) is 7.51. The van der Waals surface area contributed by atoms with Crippen molar-refractivity contribution in [2.75, 3.05) is 0 Å². The van der Waals surface area contributed by atoms with Crippen LogP contribution in [0, 0.1) is 0 Å². The minimum atomic E-state index is 0.837. The lowest BCUT2D eigenvalue weighted by atomic mass is 10.4. The maximum atomic E-state index is 4.96. The second-order valence-electron chi connectivity index (χ2n) is 1.55. The molecule has 47 valence electrons. The van der Waals surface area contributed by atoms with Gasteiger partial charge >= 0.3 is 0 Å². The normalized spacial score (nSPS) is 9.56. The predicted molar refractivity (Wildman–Crippen MR) is 47.7 cm³/mol. The topological polar surface area (TPSA) is 0 Å². The molecular weight excluding hydrogens is 264 g/mol. The zero-order chi connectivity index (χ0) is 6.85. The third kappa shape index (κ3) is 1.66. The Kier molecular flexibility index (Phi) is 2.50. The lowest BCUT2D eigenvalue weighted by Crippen LogP contribution is -1.69. The van der Waals surface area contributed by atoms with E-state index in [0.717, 1.165) is 13.8 Å². The molecule has 0 saturated heterocycles.